The minimum Gasteiger partial charge on any atom is -0.314 e. The summed E-state index contributed by atoms with van der Waals surface area (Å²) in [6.45, 7) is 9.29. The van der Waals surface area contributed by atoms with E-state index in [9.17, 15) is 0 Å². The van der Waals surface area contributed by atoms with Gasteiger partial charge in [0.1, 0.15) is 6.17 Å². The third-order valence-electron chi connectivity index (χ3n) is 6.46. The van der Waals surface area contributed by atoms with E-state index in [1.807, 2.05) is 0 Å². The maximum Gasteiger partial charge on any atom is 0.142 e. The summed E-state index contributed by atoms with van der Waals surface area (Å²) in [6.07, 6.45) is 25.0. The van der Waals surface area contributed by atoms with Crippen LogP contribution in [0.2, 0.25) is 0 Å². The summed E-state index contributed by atoms with van der Waals surface area (Å²) in [5.74, 6) is 0. The van der Waals surface area contributed by atoms with Gasteiger partial charge >= 0.3 is 0 Å². The van der Waals surface area contributed by atoms with Crippen molar-refractivity contribution >= 4 is 0 Å². The predicted octanol–water partition coefficient (Wildman–Crippen LogP) is 7.67. The number of rotatable bonds is 21. The lowest BCUT2D eigenvalue weighted by Crippen LogP contribution is -2.55. The van der Waals surface area contributed by atoms with Gasteiger partial charge in [0.05, 0.1) is 20.6 Å². The van der Waals surface area contributed by atoms with E-state index in [2.05, 4.69) is 40.2 Å². The minimum atomic E-state index is 0.617. The van der Waals surface area contributed by atoms with E-state index < -0.39 is 0 Å². The first-order valence-corrected chi connectivity index (χ1v) is 12.6. The van der Waals surface area contributed by atoms with Crippen LogP contribution in [-0.4, -0.2) is 37.8 Å². The van der Waals surface area contributed by atoms with Crippen molar-refractivity contribution in [2.75, 3.05) is 27.2 Å². The second-order valence-corrected chi connectivity index (χ2v) is 9.28. The first-order valence-electron chi connectivity index (χ1n) is 12.6. The normalized spacial score (nSPS) is 13.2. The Morgan fingerprint density at radius 3 is 1.26 bits per heavy atom. The largest absolute Gasteiger partial charge is 0.314 e. The Morgan fingerprint density at radius 1 is 0.556 bits per heavy atom. The highest BCUT2D eigenvalue weighted by Gasteiger charge is 2.23. The summed E-state index contributed by atoms with van der Waals surface area (Å²) in [5, 5.41) is 3.78. The molecule has 0 heterocycles. The molecule has 0 aromatic heterocycles. The van der Waals surface area contributed by atoms with Crippen molar-refractivity contribution in [1.82, 2.24) is 5.32 Å². The van der Waals surface area contributed by atoms with Gasteiger partial charge in [0.15, 0.2) is 0 Å². The van der Waals surface area contributed by atoms with E-state index in [1.165, 1.54) is 122 Å². The van der Waals surface area contributed by atoms with Crippen LogP contribution >= 0.6 is 0 Å². The van der Waals surface area contributed by atoms with Crippen molar-refractivity contribution in [1.29, 1.82) is 0 Å². The zero-order chi connectivity index (χ0) is 20.2. The fourth-order valence-electron chi connectivity index (χ4n) is 4.05. The average Bonchev–Trinajstić information content (AvgIpc) is 2.67. The molecular weight excluding hydrogens is 328 g/mol. The molecule has 0 radical (unpaired) electrons. The molecule has 0 aromatic rings. The third kappa shape index (κ3) is 16.6. The molecule has 1 atom stereocenters. The van der Waals surface area contributed by atoms with Crippen molar-refractivity contribution in [3.8, 4) is 0 Å². The van der Waals surface area contributed by atoms with Gasteiger partial charge < -0.3 is 4.48 Å². The Balaban J connectivity index is 3.25. The molecule has 2 heteroatoms. The van der Waals surface area contributed by atoms with Gasteiger partial charge in [-0.3, -0.25) is 5.32 Å². The molecule has 0 aliphatic carbocycles. The van der Waals surface area contributed by atoms with Gasteiger partial charge in [-0.1, -0.05) is 110 Å². The zero-order valence-electron chi connectivity index (χ0n) is 20.0. The number of hydrogen-bond acceptors (Lipinski definition) is 1. The predicted molar refractivity (Wildman–Crippen MR) is 124 cm³/mol. The molecule has 0 aliphatic heterocycles. The second kappa shape index (κ2) is 19.2. The molecule has 0 saturated heterocycles. The van der Waals surface area contributed by atoms with Crippen LogP contribution in [0, 0.1) is 0 Å². The van der Waals surface area contributed by atoms with Gasteiger partial charge in [0.2, 0.25) is 0 Å². The van der Waals surface area contributed by atoms with Gasteiger partial charge in [-0.2, -0.15) is 0 Å². The van der Waals surface area contributed by atoms with E-state index in [-0.39, 0.29) is 0 Å². The lowest BCUT2D eigenvalue weighted by Gasteiger charge is -2.37. The monoisotopic (exact) mass is 383 g/mol. The molecule has 0 spiro atoms. The van der Waals surface area contributed by atoms with Crippen LogP contribution < -0.4 is 5.32 Å². The van der Waals surface area contributed by atoms with Crippen LogP contribution in [0.15, 0.2) is 0 Å². The van der Waals surface area contributed by atoms with Gasteiger partial charge in [0, 0.05) is 13.0 Å². The van der Waals surface area contributed by atoms with Crippen LogP contribution in [0.4, 0.5) is 0 Å². The van der Waals surface area contributed by atoms with E-state index in [0.717, 1.165) is 4.48 Å². The highest BCUT2D eigenvalue weighted by Crippen LogP contribution is 2.14. The molecule has 164 valence electrons. The van der Waals surface area contributed by atoms with Crippen molar-refractivity contribution in [3.05, 3.63) is 0 Å². The Bertz CT molecular complexity index is 288. The minimum absolute atomic E-state index is 0.617. The quantitative estimate of drug-likeness (QED) is 0.122. The SMILES string of the molecule is CCCCCCCCCCCCCCCCCCNC(CC)[N+](C)(C)CC. The third-order valence-corrected chi connectivity index (χ3v) is 6.46. The summed E-state index contributed by atoms with van der Waals surface area (Å²) in [7, 11) is 4.68. The van der Waals surface area contributed by atoms with Crippen molar-refractivity contribution < 1.29 is 4.48 Å². The van der Waals surface area contributed by atoms with E-state index in [0.29, 0.717) is 6.17 Å². The summed E-state index contributed by atoms with van der Waals surface area (Å²) in [6, 6.07) is 0. The highest BCUT2D eigenvalue weighted by atomic mass is 15.4. The molecule has 1 unspecified atom stereocenters. The number of quaternary nitrogens is 1. The summed E-state index contributed by atoms with van der Waals surface area (Å²) in [5.41, 5.74) is 0. The van der Waals surface area contributed by atoms with Crippen LogP contribution in [0.3, 0.4) is 0 Å². The summed E-state index contributed by atoms with van der Waals surface area (Å²) < 4.78 is 1.09. The van der Waals surface area contributed by atoms with Gasteiger partial charge in [-0.05, 0) is 13.3 Å². The number of hydrogen-bond donors (Lipinski definition) is 1. The van der Waals surface area contributed by atoms with Crippen LogP contribution in [0.5, 0.6) is 0 Å². The molecular formula is C25H55N2+. The molecule has 0 saturated carbocycles. The van der Waals surface area contributed by atoms with Crippen molar-refractivity contribution in [3.63, 3.8) is 0 Å². The number of nitrogens with one attached hydrogen (secondary N) is 1. The van der Waals surface area contributed by atoms with E-state index >= 15 is 0 Å². The standard InChI is InChI=1S/C25H55N2/c1-6-9-10-11-12-13-14-15-16-17-18-19-20-21-22-23-24-26-25(7-2)27(4,5)8-3/h25-26H,6-24H2,1-5H3/q+1. The molecule has 0 rings (SSSR count). The lowest BCUT2D eigenvalue weighted by molar-refractivity contribution is -0.916. The second-order valence-electron chi connectivity index (χ2n) is 9.28. The Morgan fingerprint density at radius 2 is 0.926 bits per heavy atom. The zero-order valence-corrected chi connectivity index (χ0v) is 20.0. The Labute approximate surface area is 173 Å². The van der Waals surface area contributed by atoms with Crippen molar-refractivity contribution in [2.24, 2.45) is 0 Å². The molecule has 0 aliphatic rings. The van der Waals surface area contributed by atoms with E-state index in [1.54, 1.807) is 0 Å². The maximum absolute atomic E-state index is 3.78. The molecule has 0 bridgehead atoms. The van der Waals surface area contributed by atoms with E-state index in [4.69, 9.17) is 0 Å². The first-order chi connectivity index (χ1) is 13.1. The maximum atomic E-state index is 3.78. The van der Waals surface area contributed by atoms with Crippen LogP contribution in [0.25, 0.3) is 0 Å². The molecule has 27 heavy (non-hydrogen) atoms. The average molecular weight is 384 g/mol. The number of nitrogens with zero attached hydrogens (tertiary/aromatic N) is 1. The molecule has 2 nitrogen and oxygen atoms in total. The lowest BCUT2D eigenvalue weighted by atomic mass is 10.0. The fourth-order valence-corrected chi connectivity index (χ4v) is 4.05. The van der Waals surface area contributed by atoms with Gasteiger partial charge in [0.25, 0.3) is 0 Å². The molecule has 0 aromatic carbocycles. The molecule has 1 N–H and O–H groups in total. The Kier molecular flexibility index (Phi) is 19.2. The summed E-state index contributed by atoms with van der Waals surface area (Å²) in [4.78, 5) is 0. The Hall–Kier alpha value is -0.0800. The van der Waals surface area contributed by atoms with Crippen molar-refractivity contribution in [2.45, 2.75) is 136 Å². The van der Waals surface area contributed by atoms with Gasteiger partial charge in [-0.25, -0.2) is 0 Å². The van der Waals surface area contributed by atoms with Gasteiger partial charge in [-0.15, -0.1) is 0 Å². The molecule has 0 fully saturated rings. The highest BCUT2D eigenvalue weighted by molar-refractivity contribution is 4.56. The van der Waals surface area contributed by atoms with Crippen LogP contribution in [0.1, 0.15) is 130 Å². The first kappa shape index (κ1) is 26.9. The molecule has 0 amide bonds. The summed E-state index contributed by atoms with van der Waals surface area (Å²) >= 11 is 0. The smallest absolute Gasteiger partial charge is 0.142 e. The fraction of sp³-hybridized carbons (Fsp3) is 1.00. The number of unbranched alkanes of at least 4 members (excludes halogenated alkanes) is 15. The van der Waals surface area contributed by atoms with Crippen LogP contribution in [-0.2, 0) is 0 Å². The topological polar surface area (TPSA) is 12.0 Å².